The third-order valence-corrected chi connectivity index (χ3v) is 3.58. The molecule has 1 fully saturated rings. The lowest BCUT2D eigenvalue weighted by Gasteiger charge is -2.19. The van der Waals surface area contributed by atoms with Gasteiger partial charge in [-0.3, -0.25) is 4.79 Å². The molecule has 1 aromatic carbocycles. The summed E-state index contributed by atoms with van der Waals surface area (Å²) in [5.74, 6) is -0.0529. The van der Waals surface area contributed by atoms with Crippen LogP contribution in [0.1, 0.15) is 18.4 Å². The van der Waals surface area contributed by atoms with Gasteiger partial charge in [-0.05, 0) is 30.5 Å². The Labute approximate surface area is 109 Å². The van der Waals surface area contributed by atoms with Gasteiger partial charge in [0.1, 0.15) is 5.41 Å². The molecule has 1 amide bonds. The van der Waals surface area contributed by atoms with Crippen LogP contribution in [-0.4, -0.2) is 17.9 Å². The molecule has 3 nitrogen and oxygen atoms in total. The minimum Gasteiger partial charge on any atom is -0.340 e. The van der Waals surface area contributed by atoms with Crippen LogP contribution in [0.25, 0.3) is 0 Å². The molecule has 17 heavy (non-hydrogen) atoms. The molecule has 0 spiro atoms. The van der Waals surface area contributed by atoms with Gasteiger partial charge in [0.05, 0.1) is 6.07 Å². The van der Waals surface area contributed by atoms with Crippen molar-refractivity contribution in [3.8, 4) is 6.07 Å². The first kappa shape index (κ1) is 12.1. The Morgan fingerprint density at radius 2 is 2.06 bits per heavy atom. The smallest absolute Gasteiger partial charge is 0.243 e. The van der Waals surface area contributed by atoms with Gasteiger partial charge < -0.3 is 4.90 Å². The lowest BCUT2D eigenvalue weighted by molar-refractivity contribution is -0.134. The average Bonchev–Trinajstić information content (AvgIpc) is 3.12. The summed E-state index contributed by atoms with van der Waals surface area (Å²) < 4.78 is 1.02. The normalized spacial score (nSPS) is 16.1. The molecule has 1 aliphatic carbocycles. The first-order valence-corrected chi connectivity index (χ1v) is 6.28. The summed E-state index contributed by atoms with van der Waals surface area (Å²) in [7, 11) is 1.75. The van der Waals surface area contributed by atoms with Crippen LogP contribution in [0.4, 0.5) is 0 Å². The summed E-state index contributed by atoms with van der Waals surface area (Å²) in [5, 5.41) is 8.97. The van der Waals surface area contributed by atoms with E-state index in [0.29, 0.717) is 19.4 Å². The highest BCUT2D eigenvalue weighted by Crippen LogP contribution is 2.46. The fraction of sp³-hybridized carbons (Fsp3) is 0.385. The number of hydrogen-bond acceptors (Lipinski definition) is 2. The summed E-state index contributed by atoms with van der Waals surface area (Å²) in [6.45, 7) is 0.551. The van der Waals surface area contributed by atoms with Gasteiger partial charge in [-0.25, -0.2) is 0 Å². The minimum absolute atomic E-state index is 0.0529. The van der Waals surface area contributed by atoms with Gasteiger partial charge >= 0.3 is 0 Å². The van der Waals surface area contributed by atoms with E-state index < -0.39 is 5.41 Å². The fourth-order valence-corrected chi connectivity index (χ4v) is 2.06. The molecule has 1 aliphatic rings. The third kappa shape index (κ3) is 2.50. The summed E-state index contributed by atoms with van der Waals surface area (Å²) in [4.78, 5) is 13.7. The molecule has 0 saturated heterocycles. The number of carbonyl (C=O) groups is 1. The highest BCUT2D eigenvalue weighted by Gasteiger charge is 2.51. The monoisotopic (exact) mass is 292 g/mol. The zero-order valence-electron chi connectivity index (χ0n) is 9.61. The van der Waals surface area contributed by atoms with Crippen molar-refractivity contribution in [3.63, 3.8) is 0 Å². The number of nitrogens with zero attached hydrogens (tertiary/aromatic N) is 2. The average molecular weight is 293 g/mol. The molecule has 0 N–H and O–H groups in total. The van der Waals surface area contributed by atoms with Gasteiger partial charge in [0.15, 0.2) is 0 Å². The van der Waals surface area contributed by atoms with Gasteiger partial charge in [-0.2, -0.15) is 5.26 Å². The zero-order valence-corrected chi connectivity index (χ0v) is 11.2. The molecule has 88 valence electrons. The van der Waals surface area contributed by atoms with Crippen LogP contribution in [0.5, 0.6) is 0 Å². The van der Waals surface area contributed by atoms with Crippen LogP contribution in [0.2, 0.25) is 0 Å². The Morgan fingerprint density at radius 1 is 1.47 bits per heavy atom. The van der Waals surface area contributed by atoms with Gasteiger partial charge in [0.25, 0.3) is 0 Å². The van der Waals surface area contributed by atoms with Crippen molar-refractivity contribution in [3.05, 3.63) is 34.3 Å². The second-order valence-electron chi connectivity index (χ2n) is 4.48. The number of carbonyl (C=O) groups excluding carboxylic acids is 1. The number of nitriles is 1. The van der Waals surface area contributed by atoms with Crippen LogP contribution in [-0.2, 0) is 11.3 Å². The number of hydrogen-bond donors (Lipinski definition) is 0. The van der Waals surface area contributed by atoms with Gasteiger partial charge in [0, 0.05) is 18.1 Å². The summed E-state index contributed by atoms with van der Waals surface area (Å²) in [6.07, 6.45) is 1.40. The van der Waals surface area contributed by atoms with Crippen LogP contribution in [0.15, 0.2) is 28.7 Å². The number of benzene rings is 1. The highest BCUT2D eigenvalue weighted by atomic mass is 79.9. The molecule has 0 radical (unpaired) electrons. The zero-order chi connectivity index (χ0) is 12.5. The van der Waals surface area contributed by atoms with Crippen molar-refractivity contribution in [1.29, 1.82) is 5.26 Å². The van der Waals surface area contributed by atoms with E-state index in [4.69, 9.17) is 5.26 Å². The van der Waals surface area contributed by atoms with E-state index in [9.17, 15) is 4.79 Å². The summed E-state index contributed by atoms with van der Waals surface area (Å²) in [6, 6.07) is 9.97. The van der Waals surface area contributed by atoms with Crippen molar-refractivity contribution in [2.45, 2.75) is 19.4 Å². The standard InChI is InChI=1S/C13H13BrN2O/c1-16(12(17)13(9-15)6-7-13)8-10-2-4-11(14)5-3-10/h2-5H,6-8H2,1H3. The molecular formula is C13H13BrN2O. The first-order valence-electron chi connectivity index (χ1n) is 5.49. The maximum atomic E-state index is 12.0. The lowest BCUT2D eigenvalue weighted by atomic mass is 10.1. The molecule has 2 rings (SSSR count). The van der Waals surface area contributed by atoms with Crippen LogP contribution in [0, 0.1) is 16.7 Å². The van der Waals surface area contributed by atoms with Crippen molar-refractivity contribution in [2.75, 3.05) is 7.05 Å². The summed E-state index contributed by atoms with van der Waals surface area (Å²) in [5.41, 5.74) is 0.349. The number of amides is 1. The largest absolute Gasteiger partial charge is 0.340 e. The highest BCUT2D eigenvalue weighted by molar-refractivity contribution is 9.10. The number of halogens is 1. The Hall–Kier alpha value is -1.34. The number of rotatable bonds is 3. The van der Waals surface area contributed by atoms with Crippen molar-refractivity contribution in [2.24, 2.45) is 5.41 Å². The molecule has 0 aliphatic heterocycles. The molecule has 1 saturated carbocycles. The maximum absolute atomic E-state index is 12.0. The predicted octanol–water partition coefficient (Wildman–Crippen LogP) is 2.71. The van der Waals surface area contributed by atoms with Gasteiger partial charge in [0.2, 0.25) is 5.91 Å². The molecule has 0 heterocycles. The lowest BCUT2D eigenvalue weighted by Crippen LogP contribution is -2.32. The molecule has 0 aromatic heterocycles. The van der Waals surface area contributed by atoms with E-state index in [1.54, 1.807) is 11.9 Å². The molecular weight excluding hydrogens is 280 g/mol. The first-order chi connectivity index (χ1) is 8.07. The Kier molecular flexibility index (Phi) is 3.21. The molecule has 0 bridgehead atoms. The fourth-order valence-electron chi connectivity index (χ4n) is 1.80. The third-order valence-electron chi connectivity index (χ3n) is 3.05. The van der Waals surface area contributed by atoms with Crippen molar-refractivity contribution < 1.29 is 4.79 Å². The topological polar surface area (TPSA) is 44.1 Å². The van der Waals surface area contributed by atoms with Crippen LogP contribution < -0.4 is 0 Å². The van der Waals surface area contributed by atoms with Crippen molar-refractivity contribution >= 4 is 21.8 Å². The quantitative estimate of drug-likeness (QED) is 0.860. The van der Waals surface area contributed by atoms with Crippen LogP contribution >= 0.6 is 15.9 Å². The summed E-state index contributed by atoms with van der Waals surface area (Å²) >= 11 is 3.37. The minimum atomic E-state index is -0.718. The van der Waals surface area contributed by atoms with E-state index in [0.717, 1.165) is 10.0 Å². The Bertz CT molecular complexity index is 471. The van der Waals surface area contributed by atoms with E-state index in [2.05, 4.69) is 22.0 Å². The van der Waals surface area contributed by atoms with E-state index in [1.807, 2.05) is 24.3 Å². The molecule has 0 unspecified atom stereocenters. The van der Waals surface area contributed by atoms with E-state index in [-0.39, 0.29) is 5.91 Å². The SMILES string of the molecule is CN(Cc1ccc(Br)cc1)C(=O)C1(C#N)CC1. The van der Waals surface area contributed by atoms with Gasteiger partial charge in [-0.1, -0.05) is 28.1 Å². The maximum Gasteiger partial charge on any atom is 0.243 e. The second-order valence-corrected chi connectivity index (χ2v) is 5.40. The second kappa shape index (κ2) is 4.50. The Morgan fingerprint density at radius 3 is 2.53 bits per heavy atom. The predicted molar refractivity (Wildman–Crippen MR) is 67.9 cm³/mol. The van der Waals surface area contributed by atoms with E-state index >= 15 is 0 Å². The van der Waals surface area contributed by atoms with E-state index in [1.165, 1.54) is 0 Å². The Balaban J connectivity index is 2.02. The molecule has 0 atom stereocenters. The molecule has 4 heteroatoms. The molecule has 1 aromatic rings. The van der Waals surface area contributed by atoms with Gasteiger partial charge in [-0.15, -0.1) is 0 Å². The van der Waals surface area contributed by atoms with Crippen LogP contribution in [0.3, 0.4) is 0 Å². The van der Waals surface area contributed by atoms with Crippen molar-refractivity contribution in [1.82, 2.24) is 4.90 Å².